The fraction of sp³-hybridized carbons (Fsp3) is 0.903. The van der Waals surface area contributed by atoms with Crippen LogP contribution in [0.5, 0.6) is 0 Å². The van der Waals surface area contributed by atoms with Crippen LogP contribution >= 0.6 is 0 Å². The van der Waals surface area contributed by atoms with E-state index in [2.05, 4.69) is 14.7 Å². The van der Waals surface area contributed by atoms with E-state index in [0.717, 1.165) is 116 Å². The summed E-state index contributed by atoms with van der Waals surface area (Å²) in [7, 11) is 0. The van der Waals surface area contributed by atoms with Gasteiger partial charge in [-0.05, 0) is 199 Å². The second-order valence-electron chi connectivity index (χ2n) is 29.0. The number of ether oxygens (including phenoxy) is 4. The van der Waals surface area contributed by atoms with Crippen molar-refractivity contribution in [2.45, 2.75) is 161 Å². The average molecular weight is 1120 g/mol. The number of carboxylic acid groups (broad SMARTS) is 1. The monoisotopic (exact) mass is 1120 g/mol. The molecule has 0 aromatic rings. The van der Waals surface area contributed by atoms with Gasteiger partial charge in [0.15, 0.2) is 0 Å². The van der Waals surface area contributed by atoms with Crippen molar-refractivity contribution in [3.8, 4) is 0 Å². The van der Waals surface area contributed by atoms with Crippen molar-refractivity contribution in [1.29, 1.82) is 0 Å². The molecular formula is C62H95LiN6O12. The van der Waals surface area contributed by atoms with Gasteiger partial charge in [-0.25, -0.2) is 14.4 Å². The van der Waals surface area contributed by atoms with Gasteiger partial charge in [-0.3, -0.25) is 29.1 Å². The van der Waals surface area contributed by atoms with Crippen molar-refractivity contribution < 1.29 is 77.2 Å². The van der Waals surface area contributed by atoms with E-state index in [4.69, 9.17) is 24.1 Å². The number of ketones is 1. The maximum atomic E-state index is 12.9. The number of Topliss-reactive ketones (excluding diaryl/α,β-unsaturated/α-hetero) is 1. The number of esters is 1. The molecule has 4 unspecified atom stereocenters. The van der Waals surface area contributed by atoms with Crippen molar-refractivity contribution in [2.75, 3.05) is 105 Å². The molecule has 6 aliphatic heterocycles. The van der Waals surface area contributed by atoms with Gasteiger partial charge in [0.25, 0.3) is 0 Å². The number of fused-ring (bicyclic) bond motifs is 3. The number of carboxylic acids is 1. The number of carbonyl (C=O) groups excluding carboxylic acids is 5. The smallest absolute Gasteiger partial charge is 0.870 e. The predicted octanol–water partition coefficient (Wildman–Crippen LogP) is 4.71. The molecule has 16 rings (SSSR count). The molecule has 16 fully saturated rings. The Hall–Kier alpha value is -3.14. The first-order chi connectivity index (χ1) is 38.0. The van der Waals surface area contributed by atoms with Crippen molar-refractivity contribution in [3.63, 3.8) is 0 Å². The minimum absolute atomic E-state index is 0. The molecule has 6 heterocycles. The summed E-state index contributed by atoms with van der Waals surface area (Å²) in [6, 6.07) is 1.93. The zero-order valence-corrected chi connectivity index (χ0v) is 49.7. The molecule has 6 saturated heterocycles. The SMILES string of the molecule is C1CC2(C1)CC2.CCOC(=O)C1[C@H]2CN(C3CC4(CCN(C(=O)OCC)C4)C3)C[C@@H]12.CCOC(=O)N1CCC2(CC(N3C[C@@H]4C(C(=O)C5CCC56CC6)[C@@H]4C3)C2)C1.CCOC(=O)N1CCC2(CC(N3C[C@@H]4C(C(=O)O)[C@@H]4C3)C2)C1.[Li+].[OH-]. The molecule has 0 bridgehead atoms. The molecule has 81 heavy (non-hydrogen) atoms. The van der Waals surface area contributed by atoms with Gasteiger partial charge in [0.1, 0.15) is 5.78 Å². The Kier molecular flexibility index (Phi) is 16.6. The van der Waals surface area contributed by atoms with Crippen molar-refractivity contribution in [3.05, 3.63) is 0 Å². The Morgan fingerprint density at radius 2 is 0.802 bits per heavy atom. The zero-order chi connectivity index (χ0) is 54.8. The van der Waals surface area contributed by atoms with E-state index >= 15 is 0 Å². The maximum Gasteiger partial charge on any atom is 1.00 e. The van der Waals surface area contributed by atoms with Gasteiger partial charge in [-0.15, -0.1) is 0 Å². The van der Waals surface area contributed by atoms with E-state index < -0.39 is 5.97 Å². The van der Waals surface area contributed by atoms with Crippen LogP contribution in [-0.2, 0) is 33.3 Å². The van der Waals surface area contributed by atoms with Crippen LogP contribution in [0.3, 0.4) is 0 Å². The van der Waals surface area contributed by atoms with E-state index in [0.29, 0.717) is 119 Å². The van der Waals surface area contributed by atoms with E-state index in [9.17, 15) is 28.8 Å². The average Bonchev–Trinajstić information content (AvgIpc) is 4.56. The normalized spacial score (nSPS) is 41.7. The summed E-state index contributed by atoms with van der Waals surface area (Å²) in [6.45, 7) is 20.7. The fourth-order valence-electron chi connectivity index (χ4n) is 18.9. The second-order valence-corrected chi connectivity index (χ2v) is 29.0. The molecule has 0 aromatic heterocycles. The number of likely N-dealkylation sites (tertiary alicyclic amines) is 6. The molecule has 0 aromatic carbocycles. The Morgan fingerprint density at radius 3 is 1.07 bits per heavy atom. The van der Waals surface area contributed by atoms with Gasteiger partial charge in [0.2, 0.25) is 0 Å². The quantitative estimate of drug-likeness (QED) is 0.169. The van der Waals surface area contributed by atoms with Gasteiger partial charge in [-0.1, -0.05) is 6.42 Å². The minimum atomic E-state index is -0.611. The number of hydrogen-bond acceptors (Lipinski definition) is 14. The number of aliphatic carboxylic acids is 1. The topological polar surface area (TPSA) is 209 Å². The Bertz CT molecular complexity index is 2340. The zero-order valence-electron chi connectivity index (χ0n) is 49.7. The van der Waals surface area contributed by atoms with E-state index in [1.54, 1.807) is 25.7 Å². The molecule has 446 valence electrons. The van der Waals surface area contributed by atoms with Crippen molar-refractivity contribution >= 4 is 36.0 Å². The van der Waals surface area contributed by atoms with Crippen LogP contribution in [0.4, 0.5) is 14.4 Å². The van der Waals surface area contributed by atoms with Gasteiger partial charge in [-0.2, -0.15) is 0 Å². The summed E-state index contributed by atoms with van der Waals surface area (Å²) in [5.41, 5.74) is 2.45. The largest absolute Gasteiger partial charge is 1.00 e. The molecule has 18 nitrogen and oxygen atoms in total. The standard InChI is InChI=1S/C22H32N2O3.C18H28N2O4.C16H24N2O4.C6H10.Li.H2O/c1-2-27-20(26)23-8-7-21(13-23)9-14(10-21)24-11-15-16(12-24)18(15)19(25)17-3-4-22(17)5-6-22;1-3-23-16(21)15-13-9-20(10-14(13)15)12-7-18(8-12)5-6-19(11-18)17(22)24-4-2;1-2-22-15(21)17-4-3-16(9-17)5-10(6-16)18-7-11-12(8-18)13(11)14(19)20;1-2-6(3-1)4-5-6;;/h14-18H,2-13H2,1H3;12-15H,3-11H2,1-2H3;10-13H,2-9H2,1H3,(H,19,20);1-5H2;;1H2/q;;;;+1;/p-1/t14?,15-,16+,17?,18?,21?;12?,13-,14+,15?,18?;10?,11-,12+,13?,16?;;;. The second kappa shape index (κ2) is 22.6. The fourth-order valence-corrected chi connectivity index (χ4v) is 18.9. The third-order valence-electron chi connectivity index (χ3n) is 24.6. The number of nitrogens with zero attached hydrogens (tertiary/aromatic N) is 6. The molecule has 19 heteroatoms. The summed E-state index contributed by atoms with van der Waals surface area (Å²) >= 11 is 0. The van der Waals surface area contributed by atoms with Crippen molar-refractivity contribution in [2.24, 2.45) is 86.3 Å². The molecule has 10 saturated carbocycles. The van der Waals surface area contributed by atoms with E-state index in [-0.39, 0.29) is 60.4 Å². The number of piperidine rings is 3. The van der Waals surface area contributed by atoms with E-state index in [1.165, 1.54) is 57.8 Å². The molecule has 5 spiro atoms. The van der Waals surface area contributed by atoms with Crippen LogP contribution in [-0.4, -0.2) is 199 Å². The number of hydrogen-bond donors (Lipinski definition) is 1. The molecule has 3 amide bonds. The first kappa shape index (κ1) is 59.6. The van der Waals surface area contributed by atoms with Gasteiger partial charge >= 0.3 is 49.1 Å². The van der Waals surface area contributed by atoms with Crippen LogP contribution in [0.25, 0.3) is 0 Å². The van der Waals surface area contributed by atoms with Crippen molar-refractivity contribution in [1.82, 2.24) is 29.4 Å². The Labute approximate surface area is 492 Å². The van der Waals surface area contributed by atoms with Crippen LogP contribution < -0.4 is 18.9 Å². The number of rotatable bonds is 11. The van der Waals surface area contributed by atoms with Crippen LogP contribution in [0.1, 0.15) is 143 Å². The molecule has 10 atom stereocenters. The Morgan fingerprint density at radius 1 is 0.444 bits per heavy atom. The first-order valence-electron chi connectivity index (χ1n) is 32.0. The number of carbonyl (C=O) groups is 6. The maximum absolute atomic E-state index is 12.9. The van der Waals surface area contributed by atoms with Crippen LogP contribution in [0.15, 0.2) is 0 Å². The Balaban J connectivity index is 0.000000120. The third-order valence-corrected chi connectivity index (χ3v) is 24.6. The van der Waals surface area contributed by atoms with Gasteiger partial charge < -0.3 is 44.2 Å². The third kappa shape index (κ3) is 11.2. The molecule has 10 aliphatic carbocycles. The summed E-state index contributed by atoms with van der Waals surface area (Å²) in [5, 5.41) is 9.08. The van der Waals surface area contributed by atoms with Gasteiger partial charge in [0.05, 0.1) is 38.3 Å². The molecular weight excluding hydrogens is 1030 g/mol. The molecule has 16 aliphatic rings. The van der Waals surface area contributed by atoms with Gasteiger partial charge in [0, 0.05) is 108 Å². The molecule has 0 radical (unpaired) electrons. The van der Waals surface area contributed by atoms with Crippen LogP contribution in [0, 0.1) is 86.3 Å². The first-order valence-corrected chi connectivity index (χ1v) is 32.0. The van der Waals surface area contributed by atoms with Crippen LogP contribution in [0.2, 0.25) is 0 Å². The number of amides is 3. The predicted molar refractivity (Wildman–Crippen MR) is 293 cm³/mol. The summed E-state index contributed by atoms with van der Waals surface area (Å²) in [6.07, 6.45) is 22.9. The summed E-state index contributed by atoms with van der Waals surface area (Å²) < 4.78 is 20.5. The minimum Gasteiger partial charge on any atom is -0.870 e. The molecule has 2 N–H and O–H groups in total. The summed E-state index contributed by atoms with van der Waals surface area (Å²) in [5.74, 6) is 4.21. The summed E-state index contributed by atoms with van der Waals surface area (Å²) in [4.78, 5) is 84.8. The van der Waals surface area contributed by atoms with E-state index in [1.807, 2.05) is 42.4 Å².